The maximum Gasteiger partial charge on any atom is 0.289 e. The second-order valence-electron chi connectivity index (χ2n) is 6.83. The van der Waals surface area contributed by atoms with Crippen LogP contribution in [-0.4, -0.2) is 36.9 Å². The highest BCUT2D eigenvalue weighted by atomic mass is 35.5. The fraction of sp³-hybridized carbons (Fsp3) is 0.0476. The first-order valence-corrected chi connectivity index (χ1v) is 11.5. The number of nitrogens with zero attached hydrogens (tertiary/aromatic N) is 4. The monoisotopic (exact) mass is 517 g/mol. The van der Waals surface area contributed by atoms with Gasteiger partial charge in [-0.3, -0.25) is 29.3 Å². The standard InChI is InChI=1S/C21H16ClN5O7S/c22-18-11-10-17(26(29)30)12-15(18)13-23-24-21(28)14-25(16-6-2-1-3-7-16)35(33,34)20-9-5-4-8-19(20)27(31)32/h1-13H,14H2,(H,24,28)/b23-13-. The quantitative estimate of drug-likeness (QED) is 0.257. The summed E-state index contributed by atoms with van der Waals surface area (Å²) in [7, 11) is -4.54. The predicted molar refractivity (Wildman–Crippen MR) is 128 cm³/mol. The Morgan fingerprint density at radius 1 is 1.00 bits per heavy atom. The van der Waals surface area contributed by atoms with Gasteiger partial charge in [-0.1, -0.05) is 41.9 Å². The number of nitro groups is 2. The number of para-hydroxylation sites is 2. The third-order valence-corrected chi connectivity index (χ3v) is 6.71. The van der Waals surface area contributed by atoms with Crippen LogP contribution in [0.15, 0.2) is 82.8 Å². The van der Waals surface area contributed by atoms with Crippen LogP contribution in [0.2, 0.25) is 5.02 Å². The summed E-state index contributed by atoms with van der Waals surface area (Å²) in [5.41, 5.74) is 1.48. The number of nitrogens with one attached hydrogen (secondary N) is 1. The number of non-ortho nitro benzene ring substituents is 1. The molecule has 1 amide bonds. The van der Waals surface area contributed by atoms with Crippen molar-refractivity contribution in [1.29, 1.82) is 0 Å². The molecule has 3 aromatic rings. The zero-order chi connectivity index (χ0) is 25.6. The predicted octanol–water partition coefficient (Wildman–Crippen LogP) is 3.50. The van der Waals surface area contributed by atoms with Crippen molar-refractivity contribution in [3.8, 4) is 0 Å². The Morgan fingerprint density at radius 3 is 2.31 bits per heavy atom. The molecule has 12 nitrogen and oxygen atoms in total. The van der Waals surface area contributed by atoms with Crippen molar-refractivity contribution in [3.05, 3.63) is 104 Å². The Labute approximate surface area is 203 Å². The van der Waals surface area contributed by atoms with E-state index in [4.69, 9.17) is 11.6 Å². The van der Waals surface area contributed by atoms with Gasteiger partial charge in [-0.05, 0) is 24.3 Å². The van der Waals surface area contributed by atoms with Gasteiger partial charge in [0, 0.05) is 28.8 Å². The third-order valence-electron chi connectivity index (χ3n) is 4.54. The van der Waals surface area contributed by atoms with E-state index in [1.165, 1.54) is 48.5 Å². The van der Waals surface area contributed by atoms with Crippen molar-refractivity contribution in [2.45, 2.75) is 4.90 Å². The van der Waals surface area contributed by atoms with Crippen LogP contribution in [0, 0.1) is 20.2 Å². The summed E-state index contributed by atoms with van der Waals surface area (Å²) >= 11 is 5.98. The van der Waals surface area contributed by atoms with Crippen LogP contribution >= 0.6 is 11.6 Å². The first-order valence-electron chi connectivity index (χ1n) is 9.68. The molecule has 0 heterocycles. The molecule has 0 saturated carbocycles. The molecular formula is C21H16ClN5O7S. The second-order valence-corrected chi connectivity index (χ2v) is 9.07. The SMILES string of the molecule is O=C(CN(c1ccccc1)S(=O)(=O)c1ccccc1[N+](=O)[O-])N/N=C\c1cc([N+](=O)[O-])ccc1Cl. The van der Waals surface area contributed by atoms with E-state index < -0.39 is 42.9 Å². The van der Waals surface area contributed by atoms with E-state index in [9.17, 15) is 33.4 Å². The number of rotatable bonds is 9. The minimum Gasteiger partial charge on any atom is -0.271 e. The van der Waals surface area contributed by atoms with Crippen LogP contribution in [0.4, 0.5) is 17.1 Å². The van der Waals surface area contributed by atoms with Crippen molar-refractivity contribution < 1.29 is 23.1 Å². The Kier molecular flexibility index (Phi) is 7.73. The molecule has 14 heteroatoms. The van der Waals surface area contributed by atoms with Crippen LogP contribution < -0.4 is 9.73 Å². The van der Waals surface area contributed by atoms with Gasteiger partial charge < -0.3 is 0 Å². The van der Waals surface area contributed by atoms with Crippen LogP contribution in [0.25, 0.3) is 0 Å². The minimum absolute atomic E-state index is 0.0894. The number of anilines is 1. The number of sulfonamides is 1. The first-order chi connectivity index (χ1) is 16.6. The molecule has 0 aromatic heterocycles. The normalized spacial score (nSPS) is 11.2. The average molecular weight is 518 g/mol. The van der Waals surface area contributed by atoms with Crippen molar-refractivity contribution in [3.63, 3.8) is 0 Å². The number of nitro benzene ring substituents is 2. The number of halogens is 1. The van der Waals surface area contributed by atoms with E-state index in [2.05, 4.69) is 10.5 Å². The molecule has 0 atom stereocenters. The number of carbonyl (C=O) groups is 1. The number of amides is 1. The molecule has 0 saturated heterocycles. The summed E-state index contributed by atoms with van der Waals surface area (Å²) in [5, 5.41) is 26.1. The molecule has 0 fully saturated rings. The highest BCUT2D eigenvalue weighted by Crippen LogP contribution is 2.29. The number of hydrogen-bond donors (Lipinski definition) is 1. The van der Waals surface area contributed by atoms with Gasteiger partial charge >= 0.3 is 0 Å². The van der Waals surface area contributed by atoms with E-state index in [-0.39, 0.29) is 22.0 Å². The van der Waals surface area contributed by atoms with Gasteiger partial charge in [-0.15, -0.1) is 0 Å². The van der Waals surface area contributed by atoms with Gasteiger partial charge in [-0.2, -0.15) is 5.10 Å². The van der Waals surface area contributed by atoms with Crippen molar-refractivity contribution in [2.24, 2.45) is 5.10 Å². The average Bonchev–Trinajstić information content (AvgIpc) is 2.84. The molecule has 3 rings (SSSR count). The van der Waals surface area contributed by atoms with Crippen LogP contribution in [-0.2, 0) is 14.8 Å². The minimum atomic E-state index is -4.54. The number of hydrazone groups is 1. The highest BCUT2D eigenvalue weighted by molar-refractivity contribution is 7.93. The Balaban J connectivity index is 1.89. The van der Waals surface area contributed by atoms with Gasteiger partial charge in [0.1, 0.15) is 6.54 Å². The summed E-state index contributed by atoms with van der Waals surface area (Å²) in [6.45, 7) is -0.765. The topological polar surface area (TPSA) is 165 Å². The first kappa shape index (κ1) is 25.3. The maximum atomic E-state index is 13.4. The molecule has 0 aliphatic heterocycles. The van der Waals surface area contributed by atoms with Crippen LogP contribution in [0.5, 0.6) is 0 Å². The van der Waals surface area contributed by atoms with Gasteiger partial charge in [-0.25, -0.2) is 13.8 Å². The summed E-state index contributed by atoms with van der Waals surface area (Å²) in [6, 6.07) is 16.0. The van der Waals surface area contributed by atoms with E-state index in [0.717, 1.165) is 24.4 Å². The smallest absolute Gasteiger partial charge is 0.271 e. The lowest BCUT2D eigenvalue weighted by molar-refractivity contribution is -0.387. The second kappa shape index (κ2) is 10.7. The number of carbonyl (C=O) groups excluding carboxylic acids is 1. The molecule has 0 aliphatic carbocycles. The zero-order valence-electron chi connectivity index (χ0n) is 17.6. The lowest BCUT2D eigenvalue weighted by Crippen LogP contribution is -2.39. The summed E-state index contributed by atoms with van der Waals surface area (Å²) in [5.74, 6) is -0.881. The lowest BCUT2D eigenvalue weighted by Gasteiger charge is -2.23. The molecule has 0 unspecified atom stereocenters. The fourth-order valence-electron chi connectivity index (χ4n) is 2.94. The maximum absolute atomic E-state index is 13.4. The van der Waals surface area contributed by atoms with Crippen molar-refractivity contribution >= 4 is 50.8 Å². The van der Waals surface area contributed by atoms with E-state index >= 15 is 0 Å². The lowest BCUT2D eigenvalue weighted by atomic mass is 10.2. The summed E-state index contributed by atoms with van der Waals surface area (Å²) in [6.07, 6.45) is 1.07. The zero-order valence-corrected chi connectivity index (χ0v) is 19.2. The Bertz CT molecular complexity index is 1410. The Hall–Kier alpha value is -4.36. The van der Waals surface area contributed by atoms with Crippen LogP contribution in [0.1, 0.15) is 5.56 Å². The van der Waals surface area contributed by atoms with Gasteiger partial charge in [0.05, 0.1) is 21.7 Å². The molecule has 3 aromatic carbocycles. The Morgan fingerprint density at radius 2 is 1.66 bits per heavy atom. The molecule has 0 bridgehead atoms. The molecule has 0 spiro atoms. The van der Waals surface area contributed by atoms with Crippen molar-refractivity contribution in [2.75, 3.05) is 10.8 Å². The number of benzene rings is 3. The van der Waals surface area contributed by atoms with Gasteiger partial charge in [0.25, 0.3) is 27.3 Å². The summed E-state index contributed by atoms with van der Waals surface area (Å²) in [4.78, 5) is 32.8. The largest absolute Gasteiger partial charge is 0.289 e. The molecular weight excluding hydrogens is 502 g/mol. The third kappa shape index (κ3) is 5.96. The van der Waals surface area contributed by atoms with E-state index in [1.54, 1.807) is 6.07 Å². The van der Waals surface area contributed by atoms with Crippen molar-refractivity contribution in [1.82, 2.24) is 5.43 Å². The van der Waals surface area contributed by atoms with E-state index in [0.29, 0.717) is 4.31 Å². The van der Waals surface area contributed by atoms with Gasteiger partial charge in [0.15, 0.2) is 4.90 Å². The van der Waals surface area contributed by atoms with Gasteiger partial charge in [0.2, 0.25) is 0 Å². The molecule has 35 heavy (non-hydrogen) atoms. The summed E-state index contributed by atoms with van der Waals surface area (Å²) < 4.78 is 27.4. The highest BCUT2D eigenvalue weighted by Gasteiger charge is 2.33. The molecule has 180 valence electrons. The molecule has 1 N–H and O–H groups in total. The molecule has 0 aliphatic rings. The molecule has 0 radical (unpaired) electrons. The van der Waals surface area contributed by atoms with Crippen LogP contribution in [0.3, 0.4) is 0 Å². The van der Waals surface area contributed by atoms with E-state index in [1.807, 2.05) is 0 Å². The fourth-order valence-corrected chi connectivity index (χ4v) is 4.69. The number of hydrogen-bond acceptors (Lipinski definition) is 8.